The summed E-state index contributed by atoms with van der Waals surface area (Å²) in [6.07, 6.45) is 1.46. The fourth-order valence-corrected chi connectivity index (χ4v) is 1.74. The first kappa shape index (κ1) is 12.9. The zero-order chi connectivity index (χ0) is 13.8. The van der Waals surface area contributed by atoms with Gasteiger partial charge in [-0.05, 0) is 24.3 Å². The first-order valence-electron chi connectivity index (χ1n) is 5.76. The van der Waals surface area contributed by atoms with Gasteiger partial charge in [-0.25, -0.2) is 4.98 Å². The molecular weight excluding hydrogens is 242 g/mol. The Balaban J connectivity index is 2.30. The fourth-order valence-electron chi connectivity index (χ4n) is 1.74. The Morgan fingerprint density at radius 2 is 2.00 bits per heavy atom. The molecule has 1 aromatic heterocycles. The molecule has 98 valence electrons. The number of hydrogen-bond donors (Lipinski definition) is 1. The van der Waals surface area contributed by atoms with Crippen LogP contribution in [0.25, 0.3) is 0 Å². The molecule has 5 heteroatoms. The Kier molecular flexibility index (Phi) is 3.66. The highest BCUT2D eigenvalue weighted by Crippen LogP contribution is 2.27. The highest BCUT2D eigenvalue weighted by molar-refractivity contribution is 6.06. The highest BCUT2D eigenvalue weighted by atomic mass is 16.5. The molecule has 1 heterocycles. The molecular formula is C14H15N3O2. The molecule has 0 aliphatic carbocycles. The number of ether oxygens (including phenoxy) is 1. The quantitative estimate of drug-likeness (QED) is 0.912. The van der Waals surface area contributed by atoms with E-state index in [1.807, 2.05) is 18.2 Å². The van der Waals surface area contributed by atoms with E-state index in [0.717, 1.165) is 0 Å². The van der Waals surface area contributed by atoms with E-state index in [2.05, 4.69) is 4.98 Å². The van der Waals surface area contributed by atoms with Gasteiger partial charge in [-0.15, -0.1) is 0 Å². The number of anilines is 2. The van der Waals surface area contributed by atoms with Gasteiger partial charge in [0.15, 0.2) is 0 Å². The van der Waals surface area contributed by atoms with Crippen LogP contribution in [0.15, 0.2) is 42.6 Å². The minimum absolute atomic E-state index is 0.169. The van der Waals surface area contributed by atoms with E-state index < -0.39 is 0 Å². The predicted molar refractivity (Wildman–Crippen MR) is 74.4 cm³/mol. The van der Waals surface area contributed by atoms with Gasteiger partial charge in [-0.2, -0.15) is 0 Å². The lowest BCUT2D eigenvalue weighted by molar-refractivity contribution is 0.0992. The SMILES string of the molecule is COc1ccccc1N(C)C(=O)c1ccc(N)nc1. The molecule has 0 bridgehead atoms. The smallest absolute Gasteiger partial charge is 0.259 e. The number of rotatable bonds is 3. The number of carbonyl (C=O) groups excluding carboxylic acids is 1. The van der Waals surface area contributed by atoms with Crippen molar-refractivity contribution in [2.75, 3.05) is 24.8 Å². The number of nitrogens with two attached hydrogens (primary N) is 1. The summed E-state index contributed by atoms with van der Waals surface area (Å²) in [4.78, 5) is 17.8. The van der Waals surface area contributed by atoms with Crippen molar-refractivity contribution in [1.29, 1.82) is 0 Å². The van der Waals surface area contributed by atoms with E-state index in [1.165, 1.54) is 11.1 Å². The molecule has 0 unspecified atom stereocenters. The van der Waals surface area contributed by atoms with Crippen LogP contribution in [0.2, 0.25) is 0 Å². The average molecular weight is 257 g/mol. The van der Waals surface area contributed by atoms with E-state index in [0.29, 0.717) is 22.8 Å². The van der Waals surface area contributed by atoms with Gasteiger partial charge in [0.2, 0.25) is 0 Å². The molecule has 2 N–H and O–H groups in total. The number of methoxy groups -OCH3 is 1. The molecule has 0 fully saturated rings. The zero-order valence-corrected chi connectivity index (χ0v) is 10.8. The van der Waals surface area contributed by atoms with Crippen molar-refractivity contribution in [1.82, 2.24) is 4.98 Å². The lowest BCUT2D eigenvalue weighted by Crippen LogP contribution is -2.26. The maximum Gasteiger partial charge on any atom is 0.259 e. The molecule has 0 atom stereocenters. The van der Waals surface area contributed by atoms with Crippen LogP contribution in [0.5, 0.6) is 5.75 Å². The molecule has 0 saturated carbocycles. The number of aromatic nitrogens is 1. The third-order valence-corrected chi connectivity index (χ3v) is 2.78. The number of nitrogen functional groups attached to an aromatic ring is 1. The second kappa shape index (κ2) is 5.39. The zero-order valence-electron chi connectivity index (χ0n) is 10.8. The Morgan fingerprint density at radius 3 is 2.63 bits per heavy atom. The fraction of sp³-hybridized carbons (Fsp3) is 0.143. The lowest BCUT2D eigenvalue weighted by atomic mass is 10.2. The summed E-state index contributed by atoms with van der Waals surface area (Å²) >= 11 is 0. The lowest BCUT2D eigenvalue weighted by Gasteiger charge is -2.19. The van der Waals surface area contributed by atoms with Crippen LogP contribution in [0.4, 0.5) is 11.5 Å². The maximum absolute atomic E-state index is 12.3. The van der Waals surface area contributed by atoms with Crippen LogP contribution in [-0.2, 0) is 0 Å². The number of carbonyl (C=O) groups is 1. The van der Waals surface area contributed by atoms with Gasteiger partial charge in [0.1, 0.15) is 11.6 Å². The van der Waals surface area contributed by atoms with E-state index in [9.17, 15) is 4.79 Å². The Morgan fingerprint density at radius 1 is 1.26 bits per heavy atom. The second-order valence-corrected chi connectivity index (χ2v) is 4.01. The van der Waals surface area contributed by atoms with Crippen LogP contribution in [0.1, 0.15) is 10.4 Å². The number of amides is 1. The molecule has 1 amide bonds. The first-order valence-corrected chi connectivity index (χ1v) is 5.76. The van der Waals surface area contributed by atoms with Gasteiger partial charge in [-0.1, -0.05) is 12.1 Å². The molecule has 1 aromatic carbocycles. The van der Waals surface area contributed by atoms with Crippen molar-refractivity contribution in [3.05, 3.63) is 48.2 Å². The van der Waals surface area contributed by atoms with E-state index in [1.54, 1.807) is 32.4 Å². The van der Waals surface area contributed by atoms with Gasteiger partial charge < -0.3 is 15.4 Å². The summed E-state index contributed by atoms with van der Waals surface area (Å²) in [6.45, 7) is 0. The molecule has 19 heavy (non-hydrogen) atoms. The molecule has 0 aliphatic rings. The Hall–Kier alpha value is -2.56. The van der Waals surface area contributed by atoms with Crippen molar-refractivity contribution in [3.63, 3.8) is 0 Å². The summed E-state index contributed by atoms with van der Waals surface area (Å²) < 4.78 is 5.24. The summed E-state index contributed by atoms with van der Waals surface area (Å²) in [5.74, 6) is 0.857. The van der Waals surface area contributed by atoms with Crippen molar-refractivity contribution in [3.8, 4) is 5.75 Å². The van der Waals surface area contributed by atoms with E-state index >= 15 is 0 Å². The topological polar surface area (TPSA) is 68.5 Å². The van der Waals surface area contributed by atoms with Crippen molar-refractivity contribution in [2.24, 2.45) is 0 Å². The van der Waals surface area contributed by atoms with Crippen molar-refractivity contribution >= 4 is 17.4 Å². The molecule has 2 rings (SSSR count). The number of benzene rings is 1. The van der Waals surface area contributed by atoms with Gasteiger partial charge in [0, 0.05) is 13.2 Å². The van der Waals surface area contributed by atoms with Crippen LogP contribution >= 0.6 is 0 Å². The highest BCUT2D eigenvalue weighted by Gasteiger charge is 2.16. The standard InChI is InChI=1S/C14H15N3O2/c1-17(11-5-3-4-6-12(11)19-2)14(18)10-7-8-13(15)16-9-10/h3-9H,1-2H3,(H2,15,16). The minimum Gasteiger partial charge on any atom is -0.495 e. The molecule has 0 saturated heterocycles. The number of pyridine rings is 1. The van der Waals surface area contributed by atoms with Crippen LogP contribution in [0.3, 0.4) is 0 Å². The van der Waals surface area contributed by atoms with Gasteiger partial charge in [0.25, 0.3) is 5.91 Å². The maximum atomic E-state index is 12.3. The Labute approximate surface area is 111 Å². The first-order chi connectivity index (χ1) is 9.13. The number of hydrogen-bond acceptors (Lipinski definition) is 4. The molecule has 5 nitrogen and oxygen atoms in total. The average Bonchev–Trinajstić information content (AvgIpc) is 2.46. The van der Waals surface area contributed by atoms with Crippen LogP contribution in [-0.4, -0.2) is 25.0 Å². The normalized spacial score (nSPS) is 10.0. The summed E-state index contributed by atoms with van der Waals surface area (Å²) in [5.41, 5.74) is 6.68. The number of nitrogens with zero attached hydrogens (tertiary/aromatic N) is 2. The molecule has 0 spiro atoms. The van der Waals surface area contributed by atoms with Crippen LogP contribution < -0.4 is 15.4 Å². The minimum atomic E-state index is -0.169. The van der Waals surface area contributed by atoms with Gasteiger partial charge in [0.05, 0.1) is 18.4 Å². The van der Waals surface area contributed by atoms with Gasteiger partial charge >= 0.3 is 0 Å². The van der Waals surface area contributed by atoms with E-state index in [-0.39, 0.29) is 5.91 Å². The molecule has 2 aromatic rings. The summed E-state index contributed by atoms with van der Waals surface area (Å²) in [5, 5.41) is 0. The van der Waals surface area contributed by atoms with Crippen molar-refractivity contribution in [2.45, 2.75) is 0 Å². The molecule has 0 radical (unpaired) electrons. The van der Waals surface area contributed by atoms with Crippen LogP contribution in [0, 0.1) is 0 Å². The van der Waals surface area contributed by atoms with Crippen molar-refractivity contribution < 1.29 is 9.53 Å². The Bertz CT molecular complexity index is 581. The van der Waals surface area contributed by atoms with E-state index in [4.69, 9.17) is 10.5 Å². The monoisotopic (exact) mass is 257 g/mol. The van der Waals surface area contributed by atoms with Gasteiger partial charge in [-0.3, -0.25) is 4.79 Å². The summed E-state index contributed by atoms with van der Waals surface area (Å²) in [6, 6.07) is 10.6. The largest absolute Gasteiger partial charge is 0.495 e. The molecule has 0 aliphatic heterocycles. The summed E-state index contributed by atoms with van der Waals surface area (Å²) in [7, 11) is 3.26. The second-order valence-electron chi connectivity index (χ2n) is 4.01. The third-order valence-electron chi connectivity index (χ3n) is 2.78. The predicted octanol–water partition coefficient (Wildman–Crippen LogP) is 1.95. The number of para-hydroxylation sites is 2. The third kappa shape index (κ3) is 2.65.